The average molecular weight is 434 g/mol. The van der Waals surface area contributed by atoms with Gasteiger partial charge < -0.3 is 10.1 Å². The standard InChI is InChI=1S/C23H16ClN3O4/c1-31-16-6-4-5-14(11-16)22-13-18(17-7-2-3-8-20(17)25-22)23(28)26-21-10-9-15(27(29)30)12-19(21)24/h2-13H,1H3,(H,26,28). The van der Waals surface area contributed by atoms with Crippen LogP contribution in [0.4, 0.5) is 11.4 Å². The fraction of sp³-hybridized carbons (Fsp3) is 0.0435. The average Bonchev–Trinajstić information content (AvgIpc) is 2.79. The number of nitrogens with one attached hydrogen (secondary N) is 1. The van der Waals surface area contributed by atoms with Gasteiger partial charge in [-0.3, -0.25) is 14.9 Å². The predicted octanol–water partition coefficient (Wildman–Crippen LogP) is 5.72. The largest absolute Gasteiger partial charge is 0.497 e. The number of hydrogen-bond acceptors (Lipinski definition) is 5. The molecule has 7 nitrogen and oxygen atoms in total. The van der Waals surface area contributed by atoms with E-state index >= 15 is 0 Å². The number of benzene rings is 3. The van der Waals surface area contributed by atoms with Crippen LogP contribution in [0.2, 0.25) is 5.02 Å². The number of methoxy groups -OCH3 is 1. The highest BCUT2D eigenvalue weighted by atomic mass is 35.5. The van der Waals surface area contributed by atoms with Gasteiger partial charge in [-0.15, -0.1) is 0 Å². The molecule has 1 amide bonds. The quantitative estimate of drug-likeness (QED) is 0.320. The number of ether oxygens (including phenoxy) is 1. The highest BCUT2D eigenvalue weighted by molar-refractivity contribution is 6.34. The molecule has 0 spiro atoms. The number of nitro groups is 1. The number of halogens is 1. The van der Waals surface area contributed by atoms with Gasteiger partial charge in [-0.05, 0) is 30.3 Å². The van der Waals surface area contributed by atoms with Crippen LogP contribution >= 0.6 is 11.6 Å². The van der Waals surface area contributed by atoms with Crippen molar-refractivity contribution in [1.82, 2.24) is 4.98 Å². The number of carbonyl (C=O) groups is 1. The summed E-state index contributed by atoms with van der Waals surface area (Å²) in [6.07, 6.45) is 0. The summed E-state index contributed by atoms with van der Waals surface area (Å²) < 4.78 is 5.29. The Hall–Kier alpha value is -3.97. The van der Waals surface area contributed by atoms with Gasteiger partial charge in [-0.1, -0.05) is 41.9 Å². The minimum Gasteiger partial charge on any atom is -0.497 e. The van der Waals surface area contributed by atoms with E-state index < -0.39 is 10.8 Å². The van der Waals surface area contributed by atoms with E-state index in [0.717, 1.165) is 5.56 Å². The number of non-ortho nitro benzene ring substituents is 1. The van der Waals surface area contributed by atoms with Crippen LogP contribution in [0.1, 0.15) is 10.4 Å². The number of aromatic nitrogens is 1. The zero-order valence-corrected chi connectivity index (χ0v) is 17.1. The van der Waals surface area contributed by atoms with E-state index in [1.54, 1.807) is 13.2 Å². The second-order valence-electron chi connectivity index (χ2n) is 6.68. The SMILES string of the molecule is COc1cccc(-c2cc(C(=O)Nc3ccc([N+](=O)[O-])cc3Cl)c3ccccc3n2)c1. The van der Waals surface area contributed by atoms with Crippen molar-refractivity contribution >= 4 is 39.8 Å². The third-order valence-electron chi connectivity index (χ3n) is 4.74. The zero-order valence-electron chi connectivity index (χ0n) is 16.3. The molecular formula is C23H16ClN3O4. The lowest BCUT2D eigenvalue weighted by atomic mass is 10.0. The second-order valence-corrected chi connectivity index (χ2v) is 7.09. The summed E-state index contributed by atoms with van der Waals surface area (Å²) in [6, 6.07) is 20.3. The highest BCUT2D eigenvalue weighted by Crippen LogP contribution is 2.30. The maximum Gasteiger partial charge on any atom is 0.271 e. The monoisotopic (exact) mass is 433 g/mol. The molecule has 0 atom stereocenters. The number of pyridine rings is 1. The Bertz CT molecular complexity index is 1320. The smallest absolute Gasteiger partial charge is 0.271 e. The number of amides is 1. The Labute approximate surface area is 182 Å². The lowest BCUT2D eigenvalue weighted by molar-refractivity contribution is -0.384. The molecule has 0 saturated carbocycles. The fourth-order valence-electron chi connectivity index (χ4n) is 3.20. The van der Waals surface area contributed by atoms with Gasteiger partial charge in [0, 0.05) is 23.1 Å². The topological polar surface area (TPSA) is 94.4 Å². The molecule has 31 heavy (non-hydrogen) atoms. The van der Waals surface area contributed by atoms with Crippen LogP contribution in [0.25, 0.3) is 22.2 Å². The van der Waals surface area contributed by atoms with Crippen LogP contribution < -0.4 is 10.1 Å². The summed E-state index contributed by atoms with van der Waals surface area (Å²) in [6.45, 7) is 0. The minimum atomic E-state index is -0.547. The van der Waals surface area contributed by atoms with Crippen molar-refractivity contribution in [1.29, 1.82) is 0 Å². The maximum absolute atomic E-state index is 13.1. The van der Waals surface area contributed by atoms with Gasteiger partial charge in [-0.25, -0.2) is 4.98 Å². The first-order valence-electron chi connectivity index (χ1n) is 9.26. The molecule has 8 heteroatoms. The molecule has 154 valence electrons. The number of nitro benzene ring substituents is 1. The summed E-state index contributed by atoms with van der Waals surface area (Å²) in [5.74, 6) is 0.273. The Morgan fingerprint density at radius 3 is 2.61 bits per heavy atom. The molecule has 0 aliphatic rings. The molecule has 4 rings (SSSR count). The van der Waals surface area contributed by atoms with E-state index in [1.165, 1.54) is 18.2 Å². The van der Waals surface area contributed by atoms with E-state index in [9.17, 15) is 14.9 Å². The van der Waals surface area contributed by atoms with Crippen LogP contribution in [-0.4, -0.2) is 22.9 Å². The minimum absolute atomic E-state index is 0.0777. The number of para-hydroxylation sites is 1. The molecule has 0 saturated heterocycles. The van der Waals surface area contributed by atoms with Gasteiger partial charge in [0.1, 0.15) is 5.75 Å². The first-order chi connectivity index (χ1) is 15.0. The number of carbonyl (C=O) groups excluding carboxylic acids is 1. The van der Waals surface area contributed by atoms with Gasteiger partial charge in [0.05, 0.1) is 39.5 Å². The van der Waals surface area contributed by atoms with Crippen molar-refractivity contribution in [3.63, 3.8) is 0 Å². The Morgan fingerprint density at radius 2 is 1.87 bits per heavy atom. The molecule has 0 aliphatic carbocycles. The van der Waals surface area contributed by atoms with Crippen molar-refractivity contribution in [3.8, 4) is 17.0 Å². The van der Waals surface area contributed by atoms with Crippen LogP contribution in [-0.2, 0) is 0 Å². The number of fused-ring (bicyclic) bond motifs is 1. The summed E-state index contributed by atoms with van der Waals surface area (Å²) >= 11 is 6.14. The molecule has 0 bridgehead atoms. The summed E-state index contributed by atoms with van der Waals surface area (Å²) in [7, 11) is 1.58. The lowest BCUT2D eigenvalue weighted by Gasteiger charge is -2.12. The van der Waals surface area contributed by atoms with Crippen LogP contribution in [0.15, 0.2) is 72.8 Å². The molecule has 1 aromatic heterocycles. The summed E-state index contributed by atoms with van der Waals surface area (Å²) in [5.41, 5.74) is 2.59. The second kappa shape index (κ2) is 8.41. The van der Waals surface area contributed by atoms with E-state index in [-0.39, 0.29) is 16.4 Å². The van der Waals surface area contributed by atoms with Gasteiger partial charge >= 0.3 is 0 Å². The van der Waals surface area contributed by atoms with Gasteiger partial charge in [0.15, 0.2) is 0 Å². The molecule has 4 aromatic rings. The maximum atomic E-state index is 13.1. The molecule has 0 fully saturated rings. The van der Waals surface area contributed by atoms with E-state index in [0.29, 0.717) is 27.9 Å². The third kappa shape index (κ3) is 4.17. The van der Waals surface area contributed by atoms with E-state index in [2.05, 4.69) is 10.3 Å². The summed E-state index contributed by atoms with van der Waals surface area (Å²) in [4.78, 5) is 28.2. The number of nitrogens with zero attached hydrogens (tertiary/aromatic N) is 2. The number of rotatable bonds is 5. The van der Waals surface area contributed by atoms with Crippen molar-refractivity contribution < 1.29 is 14.5 Å². The molecule has 1 heterocycles. The highest BCUT2D eigenvalue weighted by Gasteiger charge is 2.17. The first-order valence-corrected chi connectivity index (χ1v) is 9.63. The molecule has 0 aliphatic heterocycles. The van der Waals surface area contributed by atoms with Crippen LogP contribution in [0.3, 0.4) is 0 Å². The molecular weight excluding hydrogens is 418 g/mol. The van der Waals surface area contributed by atoms with Crippen LogP contribution in [0, 0.1) is 10.1 Å². The van der Waals surface area contributed by atoms with Gasteiger partial charge in [0.2, 0.25) is 0 Å². The molecule has 1 N–H and O–H groups in total. The van der Waals surface area contributed by atoms with Gasteiger partial charge in [-0.2, -0.15) is 0 Å². The Morgan fingerprint density at radius 1 is 1.06 bits per heavy atom. The fourth-order valence-corrected chi connectivity index (χ4v) is 3.42. The molecule has 0 radical (unpaired) electrons. The molecule has 0 unspecified atom stereocenters. The third-order valence-corrected chi connectivity index (χ3v) is 5.05. The predicted molar refractivity (Wildman–Crippen MR) is 120 cm³/mol. The Balaban J connectivity index is 1.77. The van der Waals surface area contributed by atoms with E-state index in [1.807, 2.05) is 48.5 Å². The number of hydrogen-bond donors (Lipinski definition) is 1. The van der Waals surface area contributed by atoms with Gasteiger partial charge in [0.25, 0.3) is 11.6 Å². The summed E-state index contributed by atoms with van der Waals surface area (Å²) in [5, 5.41) is 14.4. The number of anilines is 1. The normalized spacial score (nSPS) is 10.6. The van der Waals surface area contributed by atoms with Crippen LogP contribution in [0.5, 0.6) is 5.75 Å². The van der Waals surface area contributed by atoms with Crippen molar-refractivity contribution in [2.24, 2.45) is 0 Å². The molecule has 3 aromatic carbocycles. The zero-order chi connectivity index (χ0) is 22.0. The lowest BCUT2D eigenvalue weighted by Crippen LogP contribution is -2.13. The Kier molecular flexibility index (Phi) is 5.51. The van der Waals surface area contributed by atoms with Crippen molar-refractivity contribution in [2.75, 3.05) is 12.4 Å². The van der Waals surface area contributed by atoms with E-state index in [4.69, 9.17) is 16.3 Å². The first kappa shape index (κ1) is 20.3. The van der Waals surface area contributed by atoms with Crippen molar-refractivity contribution in [3.05, 3.63) is 93.5 Å². The van der Waals surface area contributed by atoms with Crippen molar-refractivity contribution in [2.45, 2.75) is 0 Å².